The molecule has 170 valence electrons. The maximum Gasteiger partial charge on any atom is 0.363 e. The van der Waals surface area contributed by atoms with Gasteiger partial charge in [-0.2, -0.15) is 5.10 Å². The molecular weight excluding hydrogens is 422 g/mol. The van der Waals surface area contributed by atoms with Crippen LogP contribution in [0, 0.1) is 10.1 Å². The average Bonchev–Trinajstić information content (AvgIpc) is 3.22. The summed E-state index contributed by atoms with van der Waals surface area (Å²) >= 11 is 0. The highest BCUT2D eigenvalue weighted by Gasteiger charge is 2.52. The third-order valence-corrected chi connectivity index (χ3v) is 4.02. The second kappa shape index (κ2) is 9.97. The Kier molecular flexibility index (Phi) is 7.63. The van der Waals surface area contributed by atoms with Gasteiger partial charge < -0.3 is 23.7 Å². The van der Waals surface area contributed by atoms with E-state index < -0.39 is 64.7 Å². The molecule has 1 aromatic heterocycles. The third kappa shape index (κ3) is 5.53. The molecule has 0 amide bonds. The Bertz CT molecular complexity index is 881. The predicted molar refractivity (Wildman–Crippen MR) is 96.5 cm³/mol. The Morgan fingerprint density at radius 3 is 2.23 bits per heavy atom. The van der Waals surface area contributed by atoms with Crippen molar-refractivity contribution >= 4 is 29.6 Å². The Labute approximate surface area is 175 Å². The van der Waals surface area contributed by atoms with Crippen molar-refractivity contribution in [2.45, 2.75) is 52.2 Å². The molecule has 1 aromatic rings. The topological polar surface area (TPSA) is 175 Å². The first-order valence-corrected chi connectivity index (χ1v) is 9.09. The van der Waals surface area contributed by atoms with Crippen LogP contribution in [0.2, 0.25) is 0 Å². The van der Waals surface area contributed by atoms with Gasteiger partial charge in [-0.1, -0.05) is 0 Å². The predicted octanol–water partition coefficient (Wildman–Crippen LogP) is 0.292. The van der Waals surface area contributed by atoms with Crippen molar-refractivity contribution in [2.24, 2.45) is 0 Å². The number of rotatable bonds is 8. The van der Waals surface area contributed by atoms with Crippen LogP contribution in [0.15, 0.2) is 6.20 Å². The maximum absolute atomic E-state index is 12.4. The van der Waals surface area contributed by atoms with Gasteiger partial charge in [-0.3, -0.25) is 24.5 Å². The normalized spacial score (nSPS) is 22.5. The quantitative estimate of drug-likeness (QED) is 0.233. The molecule has 4 atom stereocenters. The monoisotopic (exact) mass is 443 g/mol. The molecule has 0 spiro atoms. The second-order valence-corrected chi connectivity index (χ2v) is 6.32. The lowest BCUT2D eigenvalue weighted by Gasteiger charge is -2.23. The molecule has 0 N–H and O–H groups in total. The van der Waals surface area contributed by atoms with Gasteiger partial charge in [0.05, 0.1) is 11.5 Å². The van der Waals surface area contributed by atoms with Crippen molar-refractivity contribution in [3.8, 4) is 0 Å². The largest absolute Gasteiger partial charge is 0.463 e. The smallest absolute Gasteiger partial charge is 0.363 e. The summed E-state index contributed by atoms with van der Waals surface area (Å²) in [6.07, 6.45) is -4.37. The number of esters is 4. The highest BCUT2D eigenvalue weighted by molar-refractivity contribution is 5.92. The van der Waals surface area contributed by atoms with E-state index in [1.54, 1.807) is 0 Å². The van der Waals surface area contributed by atoms with E-state index in [1.807, 2.05) is 0 Å². The molecule has 14 nitrogen and oxygen atoms in total. The molecule has 1 aliphatic rings. The Morgan fingerprint density at radius 2 is 1.71 bits per heavy atom. The first kappa shape index (κ1) is 23.7. The number of carbonyl (C=O) groups excluding carboxylic acids is 4. The summed E-state index contributed by atoms with van der Waals surface area (Å²) in [6, 6.07) is 0. The lowest BCUT2D eigenvalue weighted by atomic mass is 10.1. The van der Waals surface area contributed by atoms with Gasteiger partial charge in [0.15, 0.2) is 18.4 Å². The van der Waals surface area contributed by atoms with Gasteiger partial charge in [-0.25, -0.2) is 9.48 Å². The lowest BCUT2D eigenvalue weighted by molar-refractivity contribution is -0.385. The fraction of sp³-hybridized carbons (Fsp3) is 0.588. The average molecular weight is 443 g/mol. The minimum absolute atomic E-state index is 0.0782. The molecule has 0 unspecified atom stereocenters. The molecular formula is C17H21N3O11. The van der Waals surface area contributed by atoms with Crippen LogP contribution in [0.1, 0.15) is 44.4 Å². The molecule has 0 aliphatic carbocycles. The Balaban J connectivity index is 2.54. The molecule has 0 saturated carbocycles. The minimum atomic E-state index is -1.43. The van der Waals surface area contributed by atoms with Crippen LogP contribution in [-0.4, -0.2) is 70.1 Å². The summed E-state index contributed by atoms with van der Waals surface area (Å²) in [5, 5.41) is 15.2. The van der Waals surface area contributed by atoms with Gasteiger partial charge in [0.2, 0.25) is 5.69 Å². The maximum atomic E-state index is 12.4. The molecule has 31 heavy (non-hydrogen) atoms. The third-order valence-electron chi connectivity index (χ3n) is 4.02. The number of hydrogen-bond donors (Lipinski definition) is 0. The standard InChI is InChI=1S/C17H21N3O11/c1-5-27-17(24)13-11(20(25)26)6-18-19(13)16-15(30-10(4)23)14(29-9(3)22)12(31-16)7-28-8(2)21/h6,12,14-16H,5,7H2,1-4H3/t12-,14+,15-,16-/m0/s1. The Hall–Kier alpha value is -3.55. The van der Waals surface area contributed by atoms with Crippen LogP contribution in [-0.2, 0) is 38.1 Å². The van der Waals surface area contributed by atoms with Crippen LogP contribution >= 0.6 is 0 Å². The zero-order chi connectivity index (χ0) is 23.3. The summed E-state index contributed by atoms with van der Waals surface area (Å²) < 4.78 is 26.7. The van der Waals surface area contributed by atoms with E-state index in [0.29, 0.717) is 0 Å². The Morgan fingerprint density at radius 1 is 1.10 bits per heavy atom. The highest BCUT2D eigenvalue weighted by atomic mass is 16.7. The van der Waals surface area contributed by atoms with Crippen molar-refractivity contribution in [3.05, 3.63) is 22.0 Å². The van der Waals surface area contributed by atoms with Crippen LogP contribution in [0.25, 0.3) is 0 Å². The molecule has 14 heteroatoms. The molecule has 0 bridgehead atoms. The summed E-state index contributed by atoms with van der Waals surface area (Å²) in [5.74, 6) is -3.26. The van der Waals surface area contributed by atoms with Crippen LogP contribution in [0.4, 0.5) is 5.69 Å². The van der Waals surface area contributed by atoms with E-state index >= 15 is 0 Å². The first-order valence-electron chi connectivity index (χ1n) is 9.09. The fourth-order valence-electron chi connectivity index (χ4n) is 2.97. The van der Waals surface area contributed by atoms with E-state index in [0.717, 1.165) is 31.6 Å². The number of carbonyl (C=O) groups is 4. The van der Waals surface area contributed by atoms with Crippen molar-refractivity contribution in [3.63, 3.8) is 0 Å². The lowest BCUT2D eigenvalue weighted by Crippen LogP contribution is -2.41. The first-order chi connectivity index (χ1) is 14.6. The van der Waals surface area contributed by atoms with Gasteiger partial charge in [0.25, 0.3) is 0 Å². The van der Waals surface area contributed by atoms with E-state index in [-0.39, 0.29) is 13.2 Å². The number of aromatic nitrogens is 2. The molecule has 2 heterocycles. The van der Waals surface area contributed by atoms with Crippen molar-refractivity contribution in [1.82, 2.24) is 9.78 Å². The van der Waals surface area contributed by atoms with E-state index in [4.69, 9.17) is 23.7 Å². The van der Waals surface area contributed by atoms with Gasteiger partial charge in [-0.15, -0.1) is 0 Å². The number of ether oxygens (including phenoxy) is 5. The van der Waals surface area contributed by atoms with Gasteiger partial charge in [0.1, 0.15) is 18.9 Å². The van der Waals surface area contributed by atoms with E-state index in [1.165, 1.54) is 6.92 Å². The molecule has 0 radical (unpaired) electrons. The van der Waals surface area contributed by atoms with Crippen LogP contribution in [0.5, 0.6) is 0 Å². The van der Waals surface area contributed by atoms with Crippen molar-refractivity contribution in [1.29, 1.82) is 0 Å². The zero-order valence-corrected chi connectivity index (χ0v) is 17.1. The second-order valence-electron chi connectivity index (χ2n) is 6.32. The summed E-state index contributed by atoms with van der Waals surface area (Å²) in [6.45, 7) is 4.37. The zero-order valence-electron chi connectivity index (χ0n) is 17.1. The van der Waals surface area contributed by atoms with E-state index in [9.17, 15) is 29.3 Å². The number of hydrogen-bond acceptors (Lipinski definition) is 12. The van der Waals surface area contributed by atoms with Crippen molar-refractivity contribution < 1.29 is 47.8 Å². The van der Waals surface area contributed by atoms with Crippen LogP contribution < -0.4 is 0 Å². The molecule has 0 aromatic carbocycles. The summed E-state index contributed by atoms with van der Waals surface area (Å²) in [5.41, 5.74) is -1.24. The summed E-state index contributed by atoms with van der Waals surface area (Å²) in [4.78, 5) is 57.4. The van der Waals surface area contributed by atoms with Gasteiger partial charge in [-0.05, 0) is 6.92 Å². The van der Waals surface area contributed by atoms with Gasteiger partial charge in [0, 0.05) is 20.8 Å². The van der Waals surface area contributed by atoms with Crippen LogP contribution in [0.3, 0.4) is 0 Å². The fourth-order valence-corrected chi connectivity index (χ4v) is 2.97. The number of nitrogens with zero attached hydrogens (tertiary/aromatic N) is 3. The number of nitro groups is 1. The summed E-state index contributed by atoms with van der Waals surface area (Å²) in [7, 11) is 0. The van der Waals surface area contributed by atoms with E-state index in [2.05, 4.69) is 5.10 Å². The highest BCUT2D eigenvalue weighted by Crippen LogP contribution is 2.36. The van der Waals surface area contributed by atoms with Gasteiger partial charge >= 0.3 is 29.6 Å². The SMILES string of the molecule is CCOC(=O)c1c([N+](=O)[O-])cnn1[C@H]1O[C@@H](COC(C)=O)[C@@H](OC(C)=O)[C@@H]1OC(C)=O. The van der Waals surface area contributed by atoms with Crippen molar-refractivity contribution in [2.75, 3.05) is 13.2 Å². The molecule has 1 fully saturated rings. The molecule has 2 rings (SSSR count). The molecule has 1 aliphatic heterocycles. The molecule has 1 saturated heterocycles. The minimum Gasteiger partial charge on any atom is -0.463 e.